The van der Waals surface area contributed by atoms with Crippen LogP contribution in [-0.4, -0.2) is 17.6 Å². The molecule has 104 valence electrons. The second-order valence-corrected chi connectivity index (χ2v) is 4.11. The van der Waals surface area contributed by atoms with Gasteiger partial charge < -0.3 is 4.74 Å². The van der Waals surface area contributed by atoms with Crippen molar-refractivity contribution in [3.05, 3.63) is 47.8 Å². The van der Waals surface area contributed by atoms with Gasteiger partial charge in [0, 0.05) is 17.5 Å². The monoisotopic (exact) mass is 281 g/mol. The van der Waals surface area contributed by atoms with Gasteiger partial charge in [0.05, 0.1) is 5.56 Å². The summed E-state index contributed by atoms with van der Waals surface area (Å²) in [6.07, 6.45) is -2.92. The minimum Gasteiger partial charge on any atom is -0.405 e. The molecule has 20 heavy (non-hydrogen) atoms. The Balaban J connectivity index is 2.39. The Morgan fingerprint density at radius 2 is 1.85 bits per heavy atom. The highest BCUT2D eigenvalue weighted by atomic mass is 19.4. The van der Waals surface area contributed by atoms with E-state index in [4.69, 9.17) is 0 Å². The molecular formula is C14H10F3NO2. The number of benzene rings is 1. The zero-order valence-electron chi connectivity index (χ0n) is 10.4. The number of aromatic nitrogens is 1. The highest BCUT2D eigenvalue weighted by Gasteiger charge is 2.32. The number of aryl methyl sites for hydroxylation is 1. The first-order valence-electron chi connectivity index (χ1n) is 5.67. The molecule has 2 aromatic rings. The van der Waals surface area contributed by atoms with Gasteiger partial charge in [-0.2, -0.15) is 0 Å². The maximum atomic E-state index is 12.2. The molecule has 1 aromatic heterocycles. The summed E-state index contributed by atoms with van der Waals surface area (Å²) in [5, 5.41) is 0. The van der Waals surface area contributed by atoms with Gasteiger partial charge in [0.2, 0.25) is 0 Å². The second-order valence-electron chi connectivity index (χ2n) is 4.11. The number of alkyl halides is 3. The van der Waals surface area contributed by atoms with Gasteiger partial charge in [0.25, 0.3) is 0 Å². The first-order chi connectivity index (χ1) is 9.39. The Labute approximate surface area is 113 Å². The van der Waals surface area contributed by atoms with Gasteiger partial charge in [0.15, 0.2) is 6.29 Å². The molecule has 0 aliphatic heterocycles. The third kappa shape index (κ3) is 3.34. The van der Waals surface area contributed by atoms with Crippen molar-refractivity contribution in [2.75, 3.05) is 0 Å². The van der Waals surface area contributed by atoms with Gasteiger partial charge in [-0.3, -0.25) is 9.78 Å². The largest absolute Gasteiger partial charge is 0.573 e. The number of ether oxygens (including phenoxy) is 1. The normalized spacial score (nSPS) is 11.2. The first kappa shape index (κ1) is 14.0. The quantitative estimate of drug-likeness (QED) is 0.804. The summed E-state index contributed by atoms with van der Waals surface area (Å²) in [7, 11) is 0. The molecule has 0 saturated heterocycles. The molecule has 6 heteroatoms. The van der Waals surface area contributed by atoms with Gasteiger partial charge in [-0.15, -0.1) is 13.2 Å². The molecule has 0 saturated carbocycles. The van der Waals surface area contributed by atoms with E-state index in [0.717, 1.165) is 11.8 Å². The van der Waals surface area contributed by atoms with Crippen LogP contribution < -0.4 is 4.74 Å². The van der Waals surface area contributed by atoms with Crippen LogP contribution in [0.5, 0.6) is 5.75 Å². The SMILES string of the molecule is Cc1ccc(-c2ccc(OC(F)(F)F)c(C=O)c2)cn1. The maximum Gasteiger partial charge on any atom is 0.573 e. The van der Waals surface area contributed by atoms with E-state index >= 15 is 0 Å². The van der Waals surface area contributed by atoms with Crippen LogP contribution in [0.2, 0.25) is 0 Å². The van der Waals surface area contributed by atoms with E-state index in [0.29, 0.717) is 17.4 Å². The Bertz CT molecular complexity index is 621. The van der Waals surface area contributed by atoms with Crippen LogP contribution in [0.3, 0.4) is 0 Å². The summed E-state index contributed by atoms with van der Waals surface area (Å²) in [4.78, 5) is 15.0. The molecule has 0 atom stereocenters. The maximum absolute atomic E-state index is 12.2. The molecule has 1 heterocycles. The first-order valence-corrected chi connectivity index (χ1v) is 5.67. The number of pyridine rings is 1. The molecule has 0 spiro atoms. The summed E-state index contributed by atoms with van der Waals surface area (Å²) in [5.74, 6) is -0.517. The van der Waals surface area contributed by atoms with Crippen LogP contribution in [0, 0.1) is 6.92 Å². The van der Waals surface area contributed by atoms with Crippen molar-refractivity contribution in [3.63, 3.8) is 0 Å². The standard InChI is InChI=1S/C14H10F3NO2/c1-9-2-3-11(7-18-9)10-4-5-13(12(6-10)8-19)20-14(15,16)17/h2-8H,1H3. The molecule has 2 rings (SSSR count). The van der Waals surface area contributed by atoms with Crippen molar-refractivity contribution in [1.82, 2.24) is 4.98 Å². The molecule has 0 aliphatic rings. The van der Waals surface area contributed by atoms with E-state index in [1.807, 2.05) is 6.92 Å². The van der Waals surface area contributed by atoms with Gasteiger partial charge in [-0.25, -0.2) is 0 Å². The predicted octanol–water partition coefficient (Wildman–Crippen LogP) is 3.77. The van der Waals surface area contributed by atoms with Crippen LogP contribution in [0.1, 0.15) is 16.1 Å². The highest BCUT2D eigenvalue weighted by molar-refractivity contribution is 5.82. The summed E-state index contributed by atoms with van der Waals surface area (Å²) >= 11 is 0. The zero-order valence-corrected chi connectivity index (χ0v) is 10.4. The van der Waals surface area contributed by atoms with E-state index in [9.17, 15) is 18.0 Å². The van der Waals surface area contributed by atoms with E-state index in [1.165, 1.54) is 12.1 Å². The van der Waals surface area contributed by atoms with Crippen LogP contribution in [0.25, 0.3) is 11.1 Å². The number of carbonyl (C=O) groups is 1. The number of halogens is 3. The lowest BCUT2D eigenvalue weighted by Crippen LogP contribution is -2.18. The lowest BCUT2D eigenvalue weighted by atomic mass is 10.0. The van der Waals surface area contributed by atoms with E-state index < -0.39 is 12.1 Å². The van der Waals surface area contributed by atoms with Crippen LogP contribution in [0.15, 0.2) is 36.5 Å². The summed E-state index contributed by atoms with van der Waals surface area (Å²) in [6, 6.07) is 7.44. The molecule has 0 unspecified atom stereocenters. The van der Waals surface area contributed by atoms with Gasteiger partial charge in [0.1, 0.15) is 5.75 Å². The predicted molar refractivity (Wildman–Crippen MR) is 66.5 cm³/mol. The van der Waals surface area contributed by atoms with Crippen LogP contribution in [0.4, 0.5) is 13.2 Å². The Kier molecular flexibility index (Phi) is 3.74. The summed E-state index contributed by atoms with van der Waals surface area (Å²) < 4.78 is 40.3. The van der Waals surface area contributed by atoms with Crippen molar-refractivity contribution < 1.29 is 22.7 Å². The van der Waals surface area contributed by atoms with Gasteiger partial charge >= 0.3 is 6.36 Å². The molecule has 0 amide bonds. The molecule has 0 bridgehead atoms. The Morgan fingerprint density at radius 1 is 1.15 bits per heavy atom. The van der Waals surface area contributed by atoms with Crippen LogP contribution in [-0.2, 0) is 0 Å². The van der Waals surface area contributed by atoms with Crippen molar-refractivity contribution in [2.24, 2.45) is 0 Å². The molecule has 1 aromatic carbocycles. The lowest BCUT2D eigenvalue weighted by Gasteiger charge is -2.11. The van der Waals surface area contributed by atoms with Crippen molar-refractivity contribution in [3.8, 4) is 16.9 Å². The third-order valence-electron chi connectivity index (χ3n) is 2.61. The Hall–Kier alpha value is -2.37. The second kappa shape index (κ2) is 5.32. The summed E-state index contributed by atoms with van der Waals surface area (Å²) in [6.45, 7) is 1.82. The molecule has 0 aliphatic carbocycles. The van der Waals surface area contributed by atoms with E-state index in [2.05, 4.69) is 9.72 Å². The lowest BCUT2D eigenvalue weighted by molar-refractivity contribution is -0.274. The number of hydrogen-bond donors (Lipinski definition) is 0. The number of nitrogens with zero attached hydrogens (tertiary/aromatic N) is 1. The van der Waals surface area contributed by atoms with Crippen molar-refractivity contribution >= 4 is 6.29 Å². The molecule has 0 radical (unpaired) electrons. The zero-order chi connectivity index (χ0) is 14.8. The average Bonchev–Trinajstić information content (AvgIpc) is 2.38. The fourth-order valence-electron chi connectivity index (χ4n) is 1.68. The number of aldehydes is 1. The van der Waals surface area contributed by atoms with Crippen molar-refractivity contribution in [1.29, 1.82) is 0 Å². The van der Waals surface area contributed by atoms with Crippen molar-refractivity contribution in [2.45, 2.75) is 13.3 Å². The fraction of sp³-hybridized carbons (Fsp3) is 0.143. The van der Waals surface area contributed by atoms with E-state index in [-0.39, 0.29) is 5.56 Å². The smallest absolute Gasteiger partial charge is 0.405 e. The number of hydrogen-bond acceptors (Lipinski definition) is 3. The third-order valence-corrected chi connectivity index (χ3v) is 2.61. The molecule has 0 fully saturated rings. The summed E-state index contributed by atoms with van der Waals surface area (Å²) in [5.41, 5.74) is 1.95. The highest BCUT2D eigenvalue weighted by Crippen LogP contribution is 2.29. The average molecular weight is 281 g/mol. The Morgan fingerprint density at radius 3 is 2.40 bits per heavy atom. The van der Waals surface area contributed by atoms with Gasteiger partial charge in [-0.1, -0.05) is 12.1 Å². The molecule has 0 N–H and O–H groups in total. The number of carbonyl (C=O) groups excluding carboxylic acids is 1. The van der Waals surface area contributed by atoms with Crippen LogP contribution >= 0.6 is 0 Å². The minimum atomic E-state index is -4.83. The van der Waals surface area contributed by atoms with Gasteiger partial charge in [-0.05, 0) is 30.7 Å². The van der Waals surface area contributed by atoms with E-state index in [1.54, 1.807) is 18.3 Å². The molecular weight excluding hydrogens is 271 g/mol. The molecule has 3 nitrogen and oxygen atoms in total. The number of rotatable bonds is 3. The fourth-order valence-corrected chi connectivity index (χ4v) is 1.68. The topological polar surface area (TPSA) is 39.2 Å². The minimum absolute atomic E-state index is 0.166.